The van der Waals surface area contributed by atoms with Gasteiger partial charge in [0, 0.05) is 14.1 Å². The molecule has 31 heavy (non-hydrogen) atoms. The second-order valence-corrected chi connectivity index (χ2v) is 8.60. The van der Waals surface area contributed by atoms with Crippen LogP contribution in [0, 0.1) is 0 Å². The van der Waals surface area contributed by atoms with Crippen LogP contribution in [-0.4, -0.2) is 38.6 Å². The molecule has 0 bridgehead atoms. The third-order valence-electron chi connectivity index (χ3n) is 4.71. The molecular formula is C22H23N7OS. The second-order valence-electron chi connectivity index (χ2n) is 7.29. The zero-order valence-electron chi connectivity index (χ0n) is 17.6. The number of thioether (sulfide) groups is 1. The summed E-state index contributed by atoms with van der Waals surface area (Å²) in [6.07, 6.45) is 0. The van der Waals surface area contributed by atoms with Crippen molar-refractivity contribution < 1.29 is 0 Å². The molecule has 4 rings (SSSR count). The maximum atomic E-state index is 13.3. The van der Waals surface area contributed by atoms with Gasteiger partial charge in [-0.2, -0.15) is 15.0 Å². The van der Waals surface area contributed by atoms with Gasteiger partial charge in [0.1, 0.15) is 5.82 Å². The van der Waals surface area contributed by atoms with Crippen molar-refractivity contribution in [2.24, 2.45) is 0 Å². The van der Waals surface area contributed by atoms with E-state index in [2.05, 4.69) is 15.0 Å². The molecule has 1 atom stereocenters. The largest absolute Gasteiger partial charge is 0.368 e. The third kappa shape index (κ3) is 4.51. The molecule has 2 N–H and O–H groups in total. The van der Waals surface area contributed by atoms with E-state index in [1.807, 2.05) is 69.6 Å². The van der Waals surface area contributed by atoms with E-state index in [0.717, 1.165) is 5.56 Å². The number of anilines is 2. The van der Waals surface area contributed by atoms with Crippen LogP contribution in [0.3, 0.4) is 0 Å². The highest BCUT2D eigenvalue weighted by atomic mass is 32.2. The smallest absolute Gasteiger partial charge is 0.262 e. The fourth-order valence-corrected chi connectivity index (χ4v) is 4.09. The van der Waals surface area contributed by atoms with Gasteiger partial charge in [0.15, 0.2) is 5.16 Å². The highest BCUT2D eigenvalue weighted by molar-refractivity contribution is 7.99. The molecule has 158 valence electrons. The van der Waals surface area contributed by atoms with E-state index >= 15 is 0 Å². The minimum absolute atomic E-state index is 0.0757. The van der Waals surface area contributed by atoms with E-state index < -0.39 is 0 Å². The molecule has 9 heteroatoms. The fourth-order valence-electron chi connectivity index (χ4n) is 3.13. The maximum Gasteiger partial charge on any atom is 0.262 e. The number of fused-ring (bicyclic) bond motifs is 1. The summed E-state index contributed by atoms with van der Waals surface area (Å²) in [6.45, 7) is 2.39. The topological polar surface area (TPSA) is 103 Å². The molecule has 1 unspecified atom stereocenters. The van der Waals surface area contributed by atoms with E-state index in [0.29, 0.717) is 34.4 Å². The molecule has 2 heterocycles. The van der Waals surface area contributed by atoms with Crippen molar-refractivity contribution in [3.05, 3.63) is 76.3 Å². The first-order chi connectivity index (χ1) is 14.9. The van der Waals surface area contributed by atoms with Gasteiger partial charge in [0.2, 0.25) is 11.9 Å². The van der Waals surface area contributed by atoms with E-state index in [9.17, 15) is 4.79 Å². The summed E-state index contributed by atoms with van der Waals surface area (Å²) in [5.74, 6) is 1.19. The number of benzene rings is 2. The van der Waals surface area contributed by atoms with Crippen LogP contribution in [0.4, 0.5) is 11.9 Å². The Morgan fingerprint density at radius 1 is 1.00 bits per heavy atom. The molecular weight excluding hydrogens is 410 g/mol. The van der Waals surface area contributed by atoms with Gasteiger partial charge in [0.05, 0.1) is 22.7 Å². The lowest BCUT2D eigenvalue weighted by Crippen LogP contribution is -2.24. The van der Waals surface area contributed by atoms with Crippen LogP contribution in [0.15, 0.2) is 64.5 Å². The van der Waals surface area contributed by atoms with Gasteiger partial charge >= 0.3 is 0 Å². The fraction of sp³-hybridized carbons (Fsp3) is 0.227. The summed E-state index contributed by atoms with van der Waals surface area (Å²) < 4.78 is 1.70. The first kappa shape index (κ1) is 20.8. The predicted molar refractivity (Wildman–Crippen MR) is 124 cm³/mol. The lowest BCUT2D eigenvalue weighted by atomic mass is 10.2. The van der Waals surface area contributed by atoms with Crippen molar-refractivity contribution in [2.75, 3.05) is 24.7 Å². The van der Waals surface area contributed by atoms with E-state index in [4.69, 9.17) is 10.7 Å². The number of hydrogen-bond acceptors (Lipinski definition) is 8. The molecule has 0 saturated heterocycles. The average Bonchev–Trinajstić information content (AvgIpc) is 2.76. The minimum atomic E-state index is -0.195. The first-order valence-electron chi connectivity index (χ1n) is 9.81. The molecule has 0 radical (unpaired) electrons. The van der Waals surface area contributed by atoms with Crippen LogP contribution in [0.2, 0.25) is 0 Å². The molecule has 0 amide bonds. The van der Waals surface area contributed by atoms with E-state index in [-0.39, 0.29) is 16.8 Å². The Morgan fingerprint density at radius 2 is 1.71 bits per heavy atom. The Hall–Kier alpha value is -3.46. The predicted octanol–water partition coefficient (Wildman–Crippen LogP) is 3.13. The SMILES string of the molecule is CC(Sc1nc2ccccc2c(=O)n1Cc1ccccc1)c1nc(N)nc(N(C)C)n1. The number of nitrogens with two attached hydrogens (primary N) is 1. The molecule has 4 aromatic rings. The first-order valence-corrected chi connectivity index (χ1v) is 10.7. The molecule has 8 nitrogen and oxygen atoms in total. The zero-order chi connectivity index (χ0) is 22.0. The Bertz CT molecular complexity index is 1270. The van der Waals surface area contributed by atoms with Gasteiger partial charge in [-0.05, 0) is 24.6 Å². The summed E-state index contributed by atoms with van der Waals surface area (Å²) in [4.78, 5) is 32.8. The lowest BCUT2D eigenvalue weighted by Gasteiger charge is -2.17. The number of nitrogens with zero attached hydrogens (tertiary/aromatic N) is 6. The lowest BCUT2D eigenvalue weighted by molar-refractivity contribution is 0.656. The number of para-hydroxylation sites is 1. The molecule has 0 spiro atoms. The minimum Gasteiger partial charge on any atom is -0.368 e. The van der Waals surface area contributed by atoms with Crippen molar-refractivity contribution in [2.45, 2.75) is 23.9 Å². The van der Waals surface area contributed by atoms with Crippen LogP contribution < -0.4 is 16.2 Å². The monoisotopic (exact) mass is 433 g/mol. The van der Waals surface area contributed by atoms with Crippen LogP contribution in [0.5, 0.6) is 0 Å². The van der Waals surface area contributed by atoms with E-state index in [1.165, 1.54) is 11.8 Å². The van der Waals surface area contributed by atoms with Crippen molar-refractivity contribution in [1.82, 2.24) is 24.5 Å². The summed E-state index contributed by atoms with van der Waals surface area (Å²) in [6, 6.07) is 17.3. The van der Waals surface area contributed by atoms with E-state index in [1.54, 1.807) is 15.5 Å². The van der Waals surface area contributed by atoms with Gasteiger partial charge in [0.25, 0.3) is 5.56 Å². The summed E-state index contributed by atoms with van der Waals surface area (Å²) >= 11 is 1.43. The quantitative estimate of drug-likeness (QED) is 0.365. The second kappa shape index (κ2) is 8.73. The van der Waals surface area contributed by atoms with Crippen LogP contribution in [0.1, 0.15) is 23.6 Å². The average molecular weight is 434 g/mol. The molecule has 0 saturated carbocycles. The summed E-state index contributed by atoms with van der Waals surface area (Å²) in [7, 11) is 3.69. The Labute approximate surface area is 184 Å². The molecule has 0 aliphatic carbocycles. The highest BCUT2D eigenvalue weighted by Gasteiger charge is 2.19. The van der Waals surface area contributed by atoms with Crippen molar-refractivity contribution in [1.29, 1.82) is 0 Å². The van der Waals surface area contributed by atoms with Crippen LogP contribution in [-0.2, 0) is 6.54 Å². The van der Waals surface area contributed by atoms with Gasteiger partial charge in [-0.25, -0.2) is 4.98 Å². The number of rotatable bonds is 6. The zero-order valence-corrected chi connectivity index (χ0v) is 18.4. The number of nitrogen functional groups attached to an aromatic ring is 1. The maximum absolute atomic E-state index is 13.3. The van der Waals surface area contributed by atoms with Gasteiger partial charge in [-0.15, -0.1) is 0 Å². The summed E-state index contributed by atoms with van der Waals surface area (Å²) in [5, 5.41) is 0.999. The Kier molecular flexibility index (Phi) is 5.85. The molecule has 0 fully saturated rings. The Balaban J connectivity index is 1.77. The molecule has 0 aliphatic heterocycles. The van der Waals surface area contributed by atoms with Crippen molar-refractivity contribution in [3.63, 3.8) is 0 Å². The Morgan fingerprint density at radius 3 is 2.45 bits per heavy atom. The normalized spacial score (nSPS) is 12.1. The molecule has 0 aliphatic rings. The van der Waals surface area contributed by atoms with Gasteiger partial charge in [-0.3, -0.25) is 9.36 Å². The number of aromatic nitrogens is 5. The van der Waals surface area contributed by atoms with Crippen molar-refractivity contribution >= 4 is 34.6 Å². The summed E-state index contributed by atoms with van der Waals surface area (Å²) in [5.41, 5.74) is 7.50. The van der Waals surface area contributed by atoms with Crippen LogP contribution >= 0.6 is 11.8 Å². The van der Waals surface area contributed by atoms with Crippen molar-refractivity contribution in [3.8, 4) is 0 Å². The number of hydrogen-bond donors (Lipinski definition) is 1. The standard InChI is InChI=1S/C22H23N7OS/c1-14(18-25-20(23)27-21(26-18)28(2)3)31-22-24-17-12-8-7-11-16(17)19(30)29(22)13-15-9-5-4-6-10-15/h4-12,14H,13H2,1-3H3,(H2,23,25,26,27). The van der Waals surface area contributed by atoms with Gasteiger partial charge in [-0.1, -0.05) is 54.2 Å². The van der Waals surface area contributed by atoms with Gasteiger partial charge < -0.3 is 10.6 Å². The third-order valence-corrected chi connectivity index (χ3v) is 5.80. The van der Waals surface area contributed by atoms with Crippen LogP contribution in [0.25, 0.3) is 10.9 Å². The molecule has 2 aromatic heterocycles. The highest BCUT2D eigenvalue weighted by Crippen LogP contribution is 2.33. The molecule has 2 aromatic carbocycles.